The molecule has 1 aliphatic rings. The Morgan fingerprint density at radius 3 is 2.56 bits per heavy atom. The van der Waals surface area contributed by atoms with Gasteiger partial charge in [-0.05, 0) is 44.2 Å². The molecule has 4 heterocycles. The van der Waals surface area contributed by atoms with Crippen LogP contribution in [0, 0.1) is 0 Å². The van der Waals surface area contributed by atoms with E-state index in [0.717, 1.165) is 40.2 Å². The number of anilines is 3. The molecule has 25 heavy (non-hydrogen) atoms. The van der Waals surface area contributed by atoms with Crippen LogP contribution in [0.25, 0.3) is 22.1 Å². The lowest BCUT2D eigenvalue weighted by Gasteiger charge is -2.24. The Kier molecular flexibility index (Phi) is 2.98. The van der Waals surface area contributed by atoms with Crippen LogP contribution >= 0.6 is 0 Å². The number of fused-ring (bicyclic) bond motifs is 4. The molecular formula is C20H18N4O. The van der Waals surface area contributed by atoms with Crippen LogP contribution in [0.2, 0.25) is 0 Å². The van der Waals surface area contributed by atoms with Gasteiger partial charge in [-0.3, -0.25) is 0 Å². The van der Waals surface area contributed by atoms with Crippen LogP contribution < -0.4 is 9.80 Å². The summed E-state index contributed by atoms with van der Waals surface area (Å²) in [6.07, 6.45) is 3.60. The van der Waals surface area contributed by atoms with E-state index in [4.69, 9.17) is 4.42 Å². The second-order valence-electron chi connectivity index (χ2n) is 6.59. The largest absolute Gasteiger partial charge is 0.436 e. The first-order valence-corrected chi connectivity index (χ1v) is 8.49. The number of hydrogen-bond donors (Lipinski definition) is 0. The van der Waals surface area contributed by atoms with Gasteiger partial charge in [-0.1, -0.05) is 12.1 Å². The van der Waals surface area contributed by atoms with Crippen LogP contribution in [0.15, 0.2) is 59.3 Å². The maximum Gasteiger partial charge on any atom is 0.227 e. The number of para-hydroxylation sites is 1. The highest BCUT2D eigenvalue weighted by Crippen LogP contribution is 2.43. The highest BCUT2D eigenvalue weighted by Gasteiger charge is 2.31. The van der Waals surface area contributed by atoms with E-state index in [1.165, 1.54) is 0 Å². The average molecular weight is 330 g/mol. The normalized spacial score (nSPS) is 14.0. The van der Waals surface area contributed by atoms with E-state index in [-0.39, 0.29) is 0 Å². The Morgan fingerprint density at radius 1 is 0.920 bits per heavy atom. The number of furan rings is 1. The molecule has 1 aromatic carbocycles. The summed E-state index contributed by atoms with van der Waals surface area (Å²) in [6.45, 7) is 5.16. The summed E-state index contributed by atoms with van der Waals surface area (Å²) < 4.78 is 6.11. The van der Waals surface area contributed by atoms with Gasteiger partial charge >= 0.3 is 0 Å². The van der Waals surface area contributed by atoms with Gasteiger partial charge in [-0.25, -0.2) is 9.97 Å². The van der Waals surface area contributed by atoms with Gasteiger partial charge in [-0.15, -0.1) is 0 Å². The summed E-state index contributed by atoms with van der Waals surface area (Å²) in [7, 11) is 0. The fourth-order valence-corrected chi connectivity index (χ4v) is 3.58. The molecule has 0 spiro atoms. The van der Waals surface area contributed by atoms with Gasteiger partial charge in [0.15, 0.2) is 11.4 Å². The van der Waals surface area contributed by atoms with Crippen LogP contribution in [-0.4, -0.2) is 22.7 Å². The van der Waals surface area contributed by atoms with Crippen molar-refractivity contribution in [2.45, 2.75) is 19.9 Å². The summed E-state index contributed by atoms with van der Waals surface area (Å²) in [5.74, 6) is 0.970. The van der Waals surface area contributed by atoms with E-state index in [0.29, 0.717) is 11.8 Å². The summed E-state index contributed by atoms with van der Waals surface area (Å²) in [5, 5.41) is 2.13. The highest BCUT2D eigenvalue weighted by molar-refractivity contribution is 6.08. The first-order chi connectivity index (χ1) is 12.2. The maximum absolute atomic E-state index is 6.11. The fraction of sp³-hybridized carbons (Fsp3) is 0.200. The minimum Gasteiger partial charge on any atom is -0.436 e. The molecule has 0 N–H and O–H groups in total. The molecule has 0 fully saturated rings. The molecular weight excluding hydrogens is 312 g/mol. The Balaban J connectivity index is 1.74. The first kappa shape index (κ1) is 14.3. The van der Waals surface area contributed by atoms with Crippen LogP contribution in [0.5, 0.6) is 0 Å². The molecule has 0 amide bonds. The third kappa shape index (κ3) is 2.02. The van der Waals surface area contributed by atoms with Gasteiger partial charge in [0.1, 0.15) is 0 Å². The molecule has 0 saturated heterocycles. The maximum atomic E-state index is 6.11. The second-order valence-corrected chi connectivity index (χ2v) is 6.59. The monoisotopic (exact) mass is 330 g/mol. The summed E-state index contributed by atoms with van der Waals surface area (Å²) in [6, 6.07) is 14.7. The van der Waals surface area contributed by atoms with Crippen molar-refractivity contribution in [1.82, 2.24) is 9.97 Å². The molecule has 0 atom stereocenters. The van der Waals surface area contributed by atoms with Crippen molar-refractivity contribution in [3.8, 4) is 0 Å². The van der Waals surface area contributed by atoms with Gasteiger partial charge in [-0.2, -0.15) is 0 Å². The van der Waals surface area contributed by atoms with E-state index in [2.05, 4.69) is 63.9 Å². The fourth-order valence-electron chi connectivity index (χ4n) is 3.58. The van der Waals surface area contributed by atoms with Crippen molar-refractivity contribution >= 4 is 39.3 Å². The summed E-state index contributed by atoms with van der Waals surface area (Å²) in [5.41, 5.74) is 3.71. The van der Waals surface area contributed by atoms with Gasteiger partial charge in [0.05, 0.1) is 18.0 Å². The number of benzene rings is 1. The predicted molar refractivity (Wildman–Crippen MR) is 100 cm³/mol. The third-order valence-corrected chi connectivity index (χ3v) is 4.79. The standard InChI is InChI=1S/C20H18N4O/c1-13(2)23-12-24(19-17(23)9-5-10-21-19)16-8-3-6-14-15-7-4-11-22-20(15)25-18(14)16/h3-11,13H,12H2,1-2H3. The SMILES string of the molecule is CC(C)N1CN(c2cccc3c2oc2ncccc23)c2ncccc21. The predicted octanol–water partition coefficient (Wildman–Crippen LogP) is 4.70. The Bertz CT molecular complexity index is 1090. The van der Waals surface area contributed by atoms with Gasteiger partial charge in [0, 0.05) is 29.2 Å². The smallest absolute Gasteiger partial charge is 0.227 e. The second kappa shape index (κ2) is 5.21. The summed E-state index contributed by atoms with van der Waals surface area (Å²) >= 11 is 0. The van der Waals surface area contributed by atoms with E-state index in [1.807, 2.05) is 18.3 Å². The van der Waals surface area contributed by atoms with Crippen molar-refractivity contribution in [2.24, 2.45) is 0 Å². The van der Waals surface area contributed by atoms with Crippen LogP contribution in [0.3, 0.4) is 0 Å². The van der Waals surface area contributed by atoms with Gasteiger partial charge in [0.2, 0.25) is 5.71 Å². The Morgan fingerprint density at radius 2 is 1.68 bits per heavy atom. The van der Waals surface area contributed by atoms with Crippen molar-refractivity contribution in [2.75, 3.05) is 16.5 Å². The van der Waals surface area contributed by atoms with E-state index < -0.39 is 0 Å². The lowest BCUT2D eigenvalue weighted by Crippen LogP contribution is -2.33. The lowest BCUT2D eigenvalue weighted by molar-refractivity contribution is 0.651. The van der Waals surface area contributed by atoms with Crippen molar-refractivity contribution < 1.29 is 4.42 Å². The molecule has 0 unspecified atom stereocenters. The van der Waals surface area contributed by atoms with Gasteiger partial charge in [0.25, 0.3) is 0 Å². The van der Waals surface area contributed by atoms with Crippen molar-refractivity contribution in [1.29, 1.82) is 0 Å². The number of nitrogens with zero attached hydrogens (tertiary/aromatic N) is 4. The minimum atomic E-state index is 0.393. The molecule has 4 aromatic rings. The highest BCUT2D eigenvalue weighted by atomic mass is 16.3. The first-order valence-electron chi connectivity index (χ1n) is 8.49. The van der Waals surface area contributed by atoms with Crippen LogP contribution in [0.1, 0.15) is 13.8 Å². The topological polar surface area (TPSA) is 45.4 Å². The van der Waals surface area contributed by atoms with Crippen molar-refractivity contribution in [3.05, 3.63) is 54.9 Å². The summed E-state index contributed by atoms with van der Waals surface area (Å²) in [4.78, 5) is 13.6. The Hall–Kier alpha value is -3.08. The van der Waals surface area contributed by atoms with E-state index >= 15 is 0 Å². The zero-order valence-electron chi connectivity index (χ0n) is 14.2. The average Bonchev–Trinajstić information content (AvgIpc) is 3.20. The quantitative estimate of drug-likeness (QED) is 0.533. The molecule has 124 valence electrons. The number of pyridine rings is 2. The molecule has 0 aliphatic carbocycles. The molecule has 0 bridgehead atoms. The molecule has 5 heteroatoms. The van der Waals surface area contributed by atoms with Crippen molar-refractivity contribution in [3.63, 3.8) is 0 Å². The van der Waals surface area contributed by atoms with E-state index in [9.17, 15) is 0 Å². The molecule has 0 saturated carbocycles. The molecule has 3 aromatic heterocycles. The number of hydrogen-bond acceptors (Lipinski definition) is 5. The Labute approximate surface area is 145 Å². The zero-order valence-corrected chi connectivity index (χ0v) is 14.2. The number of rotatable bonds is 2. The minimum absolute atomic E-state index is 0.393. The lowest BCUT2D eigenvalue weighted by atomic mass is 10.1. The van der Waals surface area contributed by atoms with Gasteiger partial charge < -0.3 is 14.2 Å². The number of aromatic nitrogens is 2. The molecule has 5 rings (SSSR count). The van der Waals surface area contributed by atoms with Crippen LogP contribution in [-0.2, 0) is 0 Å². The van der Waals surface area contributed by atoms with Crippen LogP contribution in [0.4, 0.5) is 17.2 Å². The zero-order chi connectivity index (χ0) is 17.0. The third-order valence-electron chi connectivity index (χ3n) is 4.79. The molecule has 5 nitrogen and oxygen atoms in total. The van der Waals surface area contributed by atoms with E-state index in [1.54, 1.807) is 6.20 Å². The molecule has 0 radical (unpaired) electrons. The molecule has 1 aliphatic heterocycles.